The predicted molar refractivity (Wildman–Crippen MR) is 138 cm³/mol. The van der Waals surface area contributed by atoms with Crippen molar-refractivity contribution in [3.05, 3.63) is 134 Å². The van der Waals surface area contributed by atoms with Crippen LogP contribution in [0.1, 0.15) is 11.1 Å². The molecule has 32 heavy (non-hydrogen) atoms. The van der Waals surface area contributed by atoms with Gasteiger partial charge in [0.2, 0.25) is 5.78 Å². The molecule has 0 aromatic heterocycles. The van der Waals surface area contributed by atoms with Crippen LogP contribution in [-0.2, 0) is 4.79 Å². The van der Waals surface area contributed by atoms with Crippen molar-refractivity contribution < 1.29 is 4.79 Å². The minimum atomic E-state index is -0.0786. The number of ketones is 1. The summed E-state index contributed by atoms with van der Waals surface area (Å²) in [6.45, 7) is 17.6. The SMILES string of the molecule is C=CCN(CC=C)C(=Cc1ccccc1)C(=O)C(=Cc1ccccc1)N(CC=C)CC=C. The third kappa shape index (κ3) is 7.13. The molecule has 0 atom stereocenters. The number of rotatable bonds is 14. The van der Waals surface area contributed by atoms with Crippen LogP contribution < -0.4 is 0 Å². The monoisotopic (exact) mass is 424 g/mol. The molecule has 0 unspecified atom stereocenters. The van der Waals surface area contributed by atoms with Crippen LogP contribution in [0.4, 0.5) is 0 Å². The lowest BCUT2D eigenvalue weighted by Gasteiger charge is -2.29. The molecule has 2 rings (SSSR count). The van der Waals surface area contributed by atoms with Gasteiger partial charge < -0.3 is 9.80 Å². The number of Topliss-reactive ketones (excluding diaryl/α,β-unsaturated/α-hetero) is 1. The van der Waals surface area contributed by atoms with E-state index < -0.39 is 0 Å². The number of carbonyl (C=O) groups is 1. The highest BCUT2D eigenvalue weighted by Gasteiger charge is 2.24. The first-order valence-corrected chi connectivity index (χ1v) is 10.7. The van der Waals surface area contributed by atoms with Crippen LogP contribution in [0.3, 0.4) is 0 Å². The Hall–Kier alpha value is -3.85. The lowest BCUT2D eigenvalue weighted by Crippen LogP contribution is -2.34. The molecule has 3 nitrogen and oxygen atoms in total. The van der Waals surface area contributed by atoms with Gasteiger partial charge in [-0.15, -0.1) is 26.3 Å². The molecular formula is C29H32N2O. The van der Waals surface area contributed by atoms with E-state index >= 15 is 0 Å². The molecule has 0 bridgehead atoms. The zero-order chi connectivity index (χ0) is 23.2. The molecule has 0 radical (unpaired) electrons. The van der Waals surface area contributed by atoms with E-state index in [1.165, 1.54) is 0 Å². The molecule has 0 aliphatic heterocycles. The molecule has 0 heterocycles. The number of nitrogens with zero attached hydrogens (tertiary/aromatic N) is 2. The van der Waals surface area contributed by atoms with Gasteiger partial charge in [-0.3, -0.25) is 4.79 Å². The van der Waals surface area contributed by atoms with Gasteiger partial charge in [-0.05, 0) is 23.3 Å². The third-order valence-corrected chi connectivity index (χ3v) is 4.75. The van der Waals surface area contributed by atoms with E-state index in [1.807, 2.05) is 82.6 Å². The molecule has 0 N–H and O–H groups in total. The summed E-state index contributed by atoms with van der Waals surface area (Å²) < 4.78 is 0. The van der Waals surface area contributed by atoms with Gasteiger partial charge in [0.15, 0.2) is 0 Å². The lowest BCUT2D eigenvalue weighted by molar-refractivity contribution is -0.114. The van der Waals surface area contributed by atoms with E-state index in [0.29, 0.717) is 37.6 Å². The normalized spacial score (nSPS) is 11.4. The molecule has 164 valence electrons. The molecule has 0 aliphatic carbocycles. The molecule has 0 amide bonds. The van der Waals surface area contributed by atoms with E-state index in [0.717, 1.165) is 11.1 Å². The zero-order valence-corrected chi connectivity index (χ0v) is 18.7. The first-order chi connectivity index (χ1) is 15.6. The molecule has 2 aromatic rings. The van der Waals surface area contributed by atoms with E-state index in [2.05, 4.69) is 26.3 Å². The molecule has 0 fully saturated rings. The summed E-state index contributed by atoms with van der Waals surface area (Å²) in [7, 11) is 0. The highest BCUT2D eigenvalue weighted by molar-refractivity contribution is 6.12. The molecule has 0 saturated heterocycles. The van der Waals surface area contributed by atoms with Crippen LogP contribution in [0.25, 0.3) is 12.2 Å². The summed E-state index contributed by atoms with van der Waals surface area (Å²) in [5, 5.41) is 0. The van der Waals surface area contributed by atoms with Gasteiger partial charge in [0.25, 0.3) is 0 Å². The molecule has 0 spiro atoms. The quantitative estimate of drug-likeness (QED) is 0.275. The minimum Gasteiger partial charge on any atom is -0.361 e. The van der Waals surface area contributed by atoms with Gasteiger partial charge in [0, 0.05) is 26.2 Å². The second-order valence-electron chi connectivity index (χ2n) is 7.17. The van der Waals surface area contributed by atoms with Crippen molar-refractivity contribution in [1.29, 1.82) is 0 Å². The van der Waals surface area contributed by atoms with Crippen molar-refractivity contribution in [2.45, 2.75) is 0 Å². The van der Waals surface area contributed by atoms with Crippen molar-refractivity contribution in [1.82, 2.24) is 9.80 Å². The maximum atomic E-state index is 14.1. The Kier molecular flexibility index (Phi) is 10.3. The smallest absolute Gasteiger partial charge is 0.225 e. The topological polar surface area (TPSA) is 23.6 Å². The second-order valence-corrected chi connectivity index (χ2v) is 7.17. The van der Waals surface area contributed by atoms with Crippen LogP contribution in [-0.4, -0.2) is 41.8 Å². The highest BCUT2D eigenvalue weighted by atomic mass is 16.1. The second kappa shape index (κ2) is 13.5. The third-order valence-electron chi connectivity index (χ3n) is 4.75. The fourth-order valence-corrected chi connectivity index (χ4v) is 3.31. The van der Waals surface area contributed by atoms with Crippen molar-refractivity contribution in [2.24, 2.45) is 0 Å². The standard InChI is InChI=1S/C29H32N2O/c1-5-19-30(20-6-2)27(23-25-15-11-9-12-16-25)29(32)28(31(21-7-3)22-8-4)24-26-17-13-10-14-18-26/h5-18,23-24H,1-4,19-22H2. The Morgan fingerprint density at radius 3 is 1.19 bits per heavy atom. The highest BCUT2D eigenvalue weighted by Crippen LogP contribution is 2.21. The summed E-state index contributed by atoms with van der Waals surface area (Å²) in [6.07, 6.45) is 11.0. The Balaban J connectivity index is 2.66. The summed E-state index contributed by atoms with van der Waals surface area (Å²) in [4.78, 5) is 18.0. The first kappa shape index (κ1) is 24.4. The van der Waals surface area contributed by atoms with Crippen LogP contribution in [0.2, 0.25) is 0 Å². The van der Waals surface area contributed by atoms with Gasteiger partial charge in [-0.2, -0.15) is 0 Å². The number of hydrogen-bond donors (Lipinski definition) is 0. The first-order valence-electron chi connectivity index (χ1n) is 10.7. The fraction of sp³-hybridized carbons (Fsp3) is 0.138. The lowest BCUT2D eigenvalue weighted by atomic mass is 10.0. The van der Waals surface area contributed by atoms with Gasteiger partial charge in [-0.25, -0.2) is 0 Å². The van der Waals surface area contributed by atoms with Gasteiger partial charge in [-0.1, -0.05) is 85.0 Å². The molecule has 0 aliphatic rings. The average Bonchev–Trinajstić information content (AvgIpc) is 2.82. The van der Waals surface area contributed by atoms with Crippen molar-refractivity contribution in [2.75, 3.05) is 26.2 Å². The largest absolute Gasteiger partial charge is 0.361 e. The summed E-state index contributed by atoms with van der Waals surface area (Å²) in [6, 6.07) is 19.7. The molecule has 0 saturated carbocycles. The van der Waals surface area contributed by atoms with Crippen LogP contribution in [0.5, 0.6) is 0 Å². The maximum Gasteiger partial charge on any atom is 0.225 e. The molecule has 2 aromatic carbocycles. The Bertz CT molecular complexity index is 871. The van der Waals surface area contributed by atoms with E-state index in [9.17, 15) is 4.79 Å². The molecule has 3 heteroatoms. The van der Waals surface area contributed by atoms with Gasteiger partial charge in [0.1, 0.15) is 0 Å². The zero-order valence-electron chi connectivity index (χ0n) is 18.7. The minimum absolute atomic E-state index is 0.0786. The van der Waals surface area contributed by atoms with E-state index in [-0.39, 0.29) is 5.78 Å². The summed E-state index contributed by atoms with van der Waals surface area (Å²) in [5.74, 6) is -0.0786. The van der Waals surface area contributed by atoms with Crippen LogP contribution in [0, 0.1) is 0 Å². The maximum absolute atomic E-state index is 14.1. The van der Waals surface area contributed by atoms with E-state index in [1.54, 1.807) is 24.3 Å². The number of carbonyl (C=O) groups excluding carboxylic acids is 1. The van der Waals surface area contributed by atoms with E-state index in [4.69, 9.17) is 0 Å². The van der Waals surface area contributed by atoms with Gasteiger partial charge >= 0.3 is 0 Å². The van der Waals surface area contributed by atoms with Crippen LogP contribution >= 0.6 is 0 Å². The van der Waals surface area contributed by atoms with Gasteiger partial charge in [0.05, 0.1) is 11.4 Å². The fourth-order valence-electron chi connectivity index (χ4n) is 3.31. The van der Waals surface area contributed by atoms with Crippen molar-refractivity contribution >= 4 is 17.9 Å². The van der Waals surface area contributed by atoms with Crippen molar-refractivity contribution in [3.8, 4) is 0 Å². The Morgan fingerprint density at radius 1 is 0.594 bits per heavy atom. The van der Waals surface area contributed by atoms with Crippen molar-refractivity contribution in [3.63, 3.8) is 0 Å². The number of hydrogen-bond acceptors (Lipinski definition) is 3. The summed E-state index contributed by atoms with van der Waals surface area (Å²) >= 11 is 0. The molecular weight excluding hydrogens is 392 g/mol. The Labute approximate surface area is 192 Å². The van der Waals surface area contributed by atoms with Crippen LogP contribution in [0.15, 0.2) is 123 Å². The number of benzene rings is 2. The summed E-state index contributed by atoms with van der Waals surface area (Å²) in [5.41, 5.74) is 3.06. The average molecular weight is 425 g/mol. The Morgan fingerprint density at radius 2 is 0.906 bits per heavy atom. The predicted octanol–water partition coefficient (Wildman–Crippen LogP) is 5.99.